The lowest BCUT2D eigenvalue weighted by molar-refractivity contribution is -0.116. The number of nitrogens with zero attached hydrogens (tertiary/aromatic N) is 4. The summed E-state index contributed by atoms with van der Waals surface area (Å²) < 4.78 is 1.51. The van der Waals surface area contributed by atoms with E-state index in [1.165, 1.54) is 10.1 Å². The third kappa shape index (κ3) is 6.17. The molecule has 8 heteroatoms. The molecule has 1 aliphatic heterocycles. The highest BCUT2D eigenvalue weighted by atomic mass is 35.5. The lowest BCUT2D eigenvalue weighted by atomic mass is 10.1. The molecule has 0 saturated heterocycles. The Balaban J connectivity index is 1.76. The first-order chi connectivity index (χ1) is 18.2. The van der Waals surface area contributed by atoms with Crippen molar-refractivity contribution in [2.24, 2.45) is 7.05 Å². The Bertz CT molecular complexity index is 1390. The van der Waals surface area contributed by atoms with Crippen molar-refractivity contribution in [1.29, 1.82) is 0 Å². The maximum atomic E-state index is 14.0. The number of hydrogen-bond donors (Lipinski definition) is 0. The normalized spacial score (nSPS) is 15.1. The summed E-state index contributed by atoms with van der Waals surface area (Å²) in [5, 5.41) is 0.525. The van der Waals surface area contributed by atoms with Crippen LogP contribution in [0.4, 0.5) is 5.69 Å². The van der Waals surface area contributed by atoms with Gasteiger partial charge in [0.05, 0.1) is 5.69 Å². The molecule has 38 heavy (non-hydrogen) atoms. The zero-order valence-electron chi connectivity index (χ0n) is 22.5. The first kappa shape index (κ1) is 27.6. The number of amides is 2. The third-order valence-electron chi connectivity index (χ3n) is 7.24. The van der Waals surface area contributed by atoms with E-state index in [0.717, 1.165) is 30.8 Å². The molecule has 0 atom stereocenters. The van der Waals surface area contributed by atoms with Crippen molar-refractivity contribution in [3.05, 3.63) is 97.9 Å². The maximum Gasteiger partial charge on any atom is 0.263 e. The highest BCUT2D eigenvalue weighted by Crippen LogP contribution is 2.28. The maximum absolute atomic E-state index is 14.0. The summed E-state index contributed by atoms with van der Waals surface area (Å²) in [6, 6.07) is 17.5. The first-order valence-electron chi connectivity index (χ1n) is 12.9. The van der Waals surface area contributed by atoms with Crippen LogP contribution in [0.15, 0.2) is 59.4 Å². The molecule has 2 amide bonds. The van der Waals surface area contributed by atoms with Crippen molar-refractivity contribution in [2.45, 2.75) is 40.3 Å². The number of aromatic nitrogens is 1. The van der Waals surface area contributed by atoms with Crippen LogP contribution in [0.5, 0.6) is 0 Å². The first-order valence-corrected chi connectivity index (χ1v) is 13.3. The molecule has 0 spiro atoms. The largest absolute Gasteiger partial charge is 0.333 e. The summed E-state index contributed by atoms with van der Waals surface area (Å²) >= 11 is 6.36. The molecule has 0 unspecified atom stereocenters. The molecule has 0 fully saturated rings. The minimum Gasteiger partial charge on any atom is -0.333 e. The molecule has 1 aliphatic rings. The number of anilines is 1. The molecule has 1 aromatic heterocycles. The van der Waals surface area contributed by atoms with Crippen molar-refractivity contribution >= 4 is 29.1 Å². The molecular formula is C30H35ClN4O3. The van der Waals surface area contributed by atoms with Gasteiger partial charge in [-0.25, -0.2) is 0 Å². The molecular weight excluding hydrogens is 500 g/mol. The Kier molecular flexibility index (Phi) is 8.69. The highest BCUT2D eigenvalue weighted by Gasteiger charge is 2.26. The lowest BCUT2D eigenvalue weighted by Gasteiger charge is -2.28. The number of pyridine rings is 1. The standard InChI is InChI=1S/C30H35ClN4O3/c1-21-17-22(2)32(4)29(37)28(21)30(38)34-16-15-33(19-24-9-6-5-7-10-24)13-8-14-35(23(3)36)27-18-26(31)12-11-25(27)20-34/h5-7,9-12,17-18H,8,13-16,19-20H2,1-4H3. The van der Waals surface area contributed by atoms with Gasteiger partial charge in [-0.3, -0.25) is 19.3 Å². The van der Waals surface area contributed by atoms with Crippen LogP contribution in [-0.4, -0.2) is 52.4 Å². The number of carbonyl (C=O) groups is 2. The number of fused-ring (bicyclic) bond motifs is 1. The number of rotatable bonds is 3. The van der Waals surface area contributed by atoms with Crippen LogP contribution in [0.2, 0.25) is 5.02 Å². The predicted octanol–water partition coefficient (Wildman–Crippen LogP) is 4.56. The van der Waals surface area contributed by atoms with Gasteiger partial charge in [-0.1, -0.05) is 48.0 Å². The predicted molar refractivity (Wildman–Crippen MR) is 152 cm³/mol. The topological polar surface area (TPSA) is 65.9 Å². The molecule has 2 aromatic carbocycles. The number of carbonyl (C=O) groups excluding carboxylic acids is 2. The molecule has 0 aliphatic carbocycles. The van der Waals surface area contributed by atoms with Gasteiger partial charge >= 0.3 is 0 Å². The quantitative estimate of drug-likeness (QED) is 0.494. The van der Waals surface area contributed by atoms with Crippen LogP contribution in [0.1, 0.15) is 46.1 Å². The fraction of sp³-hybridized carbons (Fsp3) is 0.367. The molecule has 7 nitrogen and oxygen atoms in total. The van der Waals surface area contributed by atoms with Gasteiger partial charge < -0.3 is 14.4 Å². The average Bonchev–Trinajstić information content (AvgIpc) is 2.91. The van der Waals surface area contributed by atoms with Crippen LogP contribution in [0.25, 0.3) is 0 Å². The molecule has 0 N–H and O–H groups in total. The number of benzene rings is 2. The van der Waals surface area contributed by atoms with Crippen molar-refractivity contribution in [1.82, 2.24) is 14.4 Å². The van der Waals surface area contributed by atoms with E-state index in [9.17, 15) is 14.4 Å². The van der Waals surface area contributed by atoms with E-state index in [1.54, 1.807) is 42.8 Å². The van der Waals surface area contributed by atoms with Gasteiger partial charge in [0, 0.05) is 64.0 Å². The Morgan fingerprint density at radius 3 is 2.39 bits per heavy atom. The van der Waals surface area contributed by atoms with Crippen molar-refractivity contribution in [2.75, 3.05) is 31.1 Å². The van der Waals surface area contributed by atoms with E-state index in [-0.39, 0.29) is 29.5 Å². The minimum absolute atomic E-state index is 0.0801. The van der Waals surface area contributed by atoms with Crippen molar-refractivity contribution < 1.29 is 9.59 Å². The fourth-order valence-corrected chi connectivity index (χ4v) is 5.22. The zero-order valence-corrected chi connectivity index (χ0v) is 23.3. The van der Waals surface area contributed by atoms with E-state index < -0.39 is 0 Å². The van der Waals surface area contributed by atoms with Gasteiger partial charge in [0.2, 0.25) is 5.91 Å². The fourth-order valence-electron chi connectivity index (χ4n) is 5.05. The summed E-state index contributed by atoms with van der Waals surface area (Å²) in [6.07, 6.45) is 0.768. The van der Waals surface area contributed by atoms with Gasteiger partial charge in [-0.05, 0) is 55.2 Å². The SMILES string of the molecule is CC(=O)N1CCCN(Cc2ccccc2)CCN(C(=O)c2c(C)cc(C)n(C)c2=O)Cc2ccc(Cl)cc21. The molecule has 0 bridgehead atoms. The molecule has 0 saturated carbocycles. The minimum atomic E-state index is -0.308. The van der Waals surface area contributed by atoms with E-state index >= 15 is 0 Å². The molecule has 4 rings (SSSR count). The highest BCUT2D eigenvalue weighted by molar-refractivity contribution is 6.31. The van der Waals surface area contributed by atoms with Gasteiger partial charge in [0.15, 0.2) is 0 Å². The summed E-state index contributed by atoms with van der Waals surface area (Å²) in [4.78, 5) is 45.7. The Hall–Kier alpha value is -3.42. The van der Waals surface area contributed by atoms with E-state index in [4.69, 9.17) is 11.6 Å². The number of hydrogen-bond acceptors (Lipinski definition) is 4. The average molecular weight is 535 g/mol. The van der Waals surface area contributed by atoms with E-state index in [0.29, 0.717) is 35.9 Å². The Morgan fingerprint density at radius 1 is 0.947 bits per heavy atom. The van der Waals surface area contributed by atoms with Gasteiger partial charge in [-0.2, -0.15) is 0 Å². The van der Waals surface area contributed by atoms with Crippen LogP contribution in [0, 0.1) is 13.8 Å². The second-order valence-electron chi connectivity index (χ2n) is 9.99. The monoisotopic (exact) mass is 534 g/mol. The van der Waals surface area contributed by atoms with Crippen molar-refractivity contribution in [3.63, 3.8) is 0 Å². The Morgan fingerprint density at radius 2 is 1.68 bits per heavy atom. The number of halogens is 1. The summed E-state index contributed by atoms with van der Waals surface area (Å²) in [6.45, 7) is 8.56. The Labute approximate surface area is 229 Å². The smallest absolute Gasteiger partial charge is 0.263 e. The van der Waals surface area contributed by atoms with E-state index in [1.807, 2.05) is 37.3 Å². The van der Waals surface area contributed by atoms with Crippen LogP contribution < -0.4 is 10.5 Å². The summed E-state index contributed by atoms with van der Waals surface area (Å²) in [5.41, 5.74) is 4.04. The second-order valence-corrected chi connectivity index (χ2v) is 10.4. The summed E-state index contributed by atoms with van der Waals surface area (Å²) in [7, 11) is 1.68. The van der Waals surface area contributed by atoms with Crippen LogP contribution in [0.3, 0.4) is 0 Å². The molecule has 3 aromatic rings. The zero-order chi connectivity index (χ0) is 27.4. The van der Waals surface area contributed by atoms with Gasteiger partial charge in [-0.15, -0.1) is 0 Å². The number of aryl methyl sites for hydroxylation is 2. The van der Waals surface area contributed by atoms with Crippen LogP contribution in [-0.2, 0) is 24.9 Å². The van der Waals surface area contributed by atoms with E-state index in [2.05, 4.69) is 17.0 Å². The molecule has 200 valence electrons. The van der Waals surface area contributed by atoms with Crippen molar-refractivity contribution in [3.8, 4) is 0 Å². The second kappa shape index (κ2) is 12.0. The van der Waals surface area contributed by atoms with Gasteiger partial charge in [0.1, 0.15) is 5.56 Å². The lowest BCUT2D eigenvalue weighted by Crippen LogP contribution is -2.41. The molecule has 2 heterocycles. The molecule has 0 radical (unpaired) electrons. The third-order valence-corrected chi connectivity index (χ3v) is 7.47. The summed E-state index contributed by atoms with van der Waals surface area (Å²) in [5.74, 6) is -0.388. The van der Waals surface area contributed by atoms with Crippen LogP contribution >= 0.6 is 11.6 Å². The van der Waals surface area contributed by atoms with Gasteiger partial charge in [0.25, 0.3) is 11.5 Å².